The predicted molar refractivity (Wildman–Crippen MR) is 90.5 cm³/mol. The number of likely N-dealkylation sites (tertiary alicyclic amines) is 1. The molecule has 0 N–H and O–H groups in total. The molecule has 1 atom stereocenters. The lowest BCUT2D eigenvalue weighted by Gasteiger charge is -2.38. The molecule has 0 spiro atoms. The summed E-state index contributed by atoms with van der Waals surface area (Å²) < 4.78 is 3.65. The van der Waals surface area contributed by atoms with E-state index in [-0.39, 0.29) is 0 Å². The molecule has 1 aliphatic rings. The van der Waals surface area contributed by atoms with Gasteiger partial charge >= 0.3 is 0 Å². The van der Waals surface area contributed by atoms with Gasteiger partial charge in [-0.25, -0.2) is 0 Å². The number of aromatic nitrogens is 1. The molecule has 1 fully saturated rings. The van der Waals surface area contributed by atoms with Crippen molar-refractivity contribution >= 4 is 0 Å². The molecule has 2 nitrogen and oxygen atoms in total. The van der Waals surface area contributed by atoms with Gasteiger partial charge in [-0.15, -0.1) is 0 Å². The van der Waals surface area contributed by atoms with Gasteiger partial charge in [0.2, 0.25) is 12.4 Å². The molecule has 0 radical (unpaired) electrons. The Bertz CT molecular complexity index is 393. The zero-order valence-electron chi connectivity index (χ0n) is 14.3. The summed E-state index contributed by atoms with van der Waals surface area (Å²) in [6.07, 6.45) is 12.7. The van der Waals surface area contributed by atoms with Gasteiger partial charge in [0.15, 0.2) is 0 Å². The Morgan fingerprint density at radius 3 is 2.33 bits per heavy atom. The molecule has 0 amide bonds. The molecule has 1 aromatic rings. The van der Waals surface area contributed by atoms with E-state index in [1.165, 1.54) is 58.2 Å². The van der Waals surface area contributed by atoms with Crippen molar-refractivity contribution in [1.82, 2.24) is 4.59 Å². The molecule has 2 heterocycles. The van der Waals surface area contributed by atoms with Crippen molar-refractivity contribution in [2.45, 2.75) is 59.3 Å². The highest BCUT2D eigenvalue weighted by Crippen LogP contribution is 2.23. The molecule has 1 saturated heterocycles. The van der Waals surface area contributed by atoms with E-state index in [1.807, 2.05) is 0 Å². The molecule has 1 aromatic heterocycles. The summed E-state index contributed by atoms with van der Waals surface area (Å²) in [5.74, 6) is 1.77. The predicted octanol–water partition coefficient (Wildman–Crippen LogP) is 4.06. The van der Waals surface area contributed by atoms with E-state index in [0.717, 1.165) is 16.4 Å². The van der Waals surface area contributed by atoms with E-state index >= 15 is 0 Å². The quantitative estimate of drug-likeness (QED) is 0.527. The second-order valence-electron chi connectivity index (χ2n) is 7.08. The molecular weight excluding hydrogens is 256 g/mol. The second kappa shape index (κ2) is 7.93. The fraction of sp³-hybridized carbons (Fsp3) is 0.737. The van der Waals surface area contributed by atoms with Gasteiger partial charge < -0.3 is 0 Å². The number of unbranched alkanes of at least 4 members (excludes halogenated alkanes) is 1. The number of piperidine rings is 1. The first-order chi connectivity index (χ1) is 10.2. The minimum absolute atomic E-state index is 0.867. The van der Waals surface area contributed by atoms with Crippen LogP contribution in [0.25, 0.3) is 0 Å². The Morgan fingerprint density at radius 1 is 1.10 bits per heavy atom. The lowest BCUT2D eigenvalue weighted by molar-refractivity contribution is -0.826. The molecule has 0 aromatic carbocycles. The molecule has 2 heteroatoms. The molecule has 2 rings (SSSR count). The second-order valence-corrected chi connectivity index (χ2v) is 7.08. The Hall–Kier alpha value is -0.890. The van der Waals surface area contributed by atoms with Crippen molar-refractivity contribution in [2.75, 3.05) is 19.6 Å². The zero-order chi connectivity index (χ0) is 15.1. The van der Waals surface area contributed by atoms with Crippen LogP contribution in [0.3, 0.4) is 0 Å². The number of hydrogen-bond donors (Lipinski definition) is 0. The Morgan fingerprint density at radius 2 is 1.76 bits per heavy atom. The zero-order valence-corrected chi connectivity index (χ0v) is 14.3. The fourth-order valence-electron chi connectivity index (χ4n) is 3.76. The third-order valence-electron chi connectivity index (χ3n) is 5.41. The summed E-state index contributed by atoms with van der Waals surface area (Å²) in [5, 5.41) is 0. The van der Waals surface area contributed by atoms with Crippen LogP contribution >= 0.6 is 0 Å². The van der Waals surface area contributed by atoms with Gasteiger partial charge in [-0.2, -0.15) is 0 Å². The van der Waals surface area contributed by atoms with Crippen LogP contribution in [0.4, 0.5) is 0 Å². The topological polar surface area (TPSA) is 3.88 Å². The minimum Gasteiger partial charge on any atom is -0.0985 e. The molecule has 0 saturated carbocycles. The highest BCUT2D eigenvalue weighted by Gasteiger charge is 2.42. The van der Waals surface area contributed by atoms with Gasteiger partial charge in [-0.3, -0.25) is 0 Å². The summed E-state index contributed by atoms with van der Waals surface area (Å²) in [7, 11) is 0. The molecule has 0 bridgehead atoms. The van der Waals surface area contributed by atoms with E-state index < -0.39 is 0 Å². The smallest absolute Gasteiger partial charge is 0.0985 e. The van der Waals surface area contributed by atoms with Crippen molar-refractivity contribution in [3.05, 3.63) is 30.6 Å². The van der Waals surface area contributed by atoms with Crippen molar-refractivity contribution in [3.63, 3.8) is 0 Å². The van der Waals surface area contributed by atoms with Crippen LogP contribution < -0.4 is 9.27 Å². The average Bonchev–Trinajstić information content (AvgIpc) is 2.54. The van der Waals surface area contributed by atoms with Gasteiger partial charge in [-0.1, -0.05) is 38.2 Å². The van der Waals surface area contributed by atoms with Gasteiger partial charge in [0.1, 0.15) is 19.6 Å². The minimum atomic E-state index is 0.867. The third kappa shape index (κ3) is 4.29. The van der Waals surface area contributed by atoms with Crippen LogP contribution in [0.15, 0.2) is 30.6 Å². The van der Waals surface area contributed by atoms with Gasteiger partial charge in [0.05, 0.1) is 0 Å². The van der Waals surface area contributed by atoms with Crippen molar-refractivity contribution < 1.29 is 4.68 Å². The normalized spacial score (nSPS) is 27.5. The number of rotatable bonds is 7. The van der Waals surface area contributed by atoms with E-state index in [4.69, 9.17) is 0 Å². The van der Waals surface area contributed by atoms with Crippen LogP contribution in [0.1, 0.15) is 59.3 Å². The van der Waals surface area contributed by atoms with Crippen molar-refractivity contribution in [3.8, 4) is 0 Å². The number of quaternary nitrogens is 1. The first kappa shape index (κ1) is 16.5. The Labute approximate surface area is 131 Å². The van der Waals surface area contributed by atoms with Gasteiger partial charge in [0.25, 0.3) is 0 Å². The standard InChI is InChI=1S/C19H34N2/c1-4-6-10-19(5-2)17-21(15-11-18(3)12-16-21)20-13-8-7-9-14-20/h7-9,13-14,18-19H,4-6,10-12,15-17H2,1-3H3/q+2. The highest BCUT2D eigenvalue weighted by atomic mass is 15.7. The van der Waals surface area contributed by atoms with Gasteiger partial charge in [-0.05, 0) is 29.5 Å². The number of hydrogen-bond acceptors (Lipinski definition) is 0. The van der Waals surface area contributed by atoms with E-state index in [1.54, 1.807) is 0 Å². The third-order valence-corrected chi connectivity index (χ3v) is 5.41. The maximum Gasteiger partial charge on any atom is 0.230 e. The highest BCUT2D eigenvalue weighted by molar-refractivity contribution is 4.87. The van der Waals surface area contributed by atoms with Crippen LogP contribution in [0.2, 0.25) is 0 Å². The molecule has 1 aliphatic heterocycles. The number of pyridine rings is 1. The number of nitrogens with zero attached hydrogens (tertiary/aromatic N) is 2. The van der Waals surface area contributed by atoms with Crippen LogP contribution in [-0.2, 0) is 0 Å². The maximum atomic E-state index is 2.49. The molecule has 1 unspecified atom stereocenters. The van der Waals surface area contributed by atoms with Gasteiger partial charge in [0, 0.05) is 30.9 Å². The van der Waals surface area contributed by atoms with E-state index in [2.05, 4.69) is 56.0 Å². The lowest BCUT2D eigenvalue weighted by atomic mass is 9.94. The van der Waals surface area contributed by atoms with Crippen LogP contribution in [0.5, 0.6) is 0 Å². The van der Waals surface area contributed by atoms with Crippen molar-refractivity contribution in [1.29, 1.82) is 0 Å². The first-order valence-electron chi connectivity index (χ1n) is 9.03. The molecule has 0 aliphatic carbocycles. The summed E-state index contributed by atoms with van der Waals surface area (Å²) in [6, 6.07) is 6.50. The summed E-state index contributed by atoms with van der Waals surface area (Å²) in [6.45, 7) is 11.0. The lowest BCUT2D eigenvalue weighted by Crippen LogP contribution is -2.78. The fourth-order valence-corrected chi connectivity index (χ4v) is 3.76. The summed E-state index contributed by atoms with van der Waals surface area (Å²) in [4.78, 5) is 0. The van der Waals surface area contributed by atoms with E-state index in [0.29, 0.717) is 0 Å². The monoisotopic (exact) mass is 290 g/mol. The Kier molecular flexibility index (Phi) is 6.22. The van der Waals surface area contributed by atoms with Crippen molar-refractivity contribution in [2.24, 2.45) is 11.8 Å². The van der Waals surface area contributed by atoms with Crippen LogP contribution in [-0.4, -0.2) is 19.6 Å². The summed E-state index contributed by atoms with van der Waals surface area (Å²) >= 11 is 0. The van der Waals surface area contributed by atoms with Crippen LogP contribution in [0, 0.1) is 11.8 Å². The molecule has 118 valence electrons. The molecule has 21 heavy (non-hydrogen) atoms. The molecular formula is C19H34N2+2. The van der Waals surface area contributed by atoms with E-state index in [9.17, 15) is 0 Å². The maximum absolute atomic E-state index is 2.49. The Balaban J connectivity index is 2.16. The largest absolute Gasteiger partial charge is 0.230 e. The SMILES string of the molecule is CCCCC(CC)C[N+]1([n+]2ccccc2)CCC(C)CC1. The summed E-state index contributed by atoms with van der Waals surface area (Å²) in [5.41, 5.74) is 0. The average molecular weight is 290 g/mol. The first-order valence-corrected chi connectivity index (χ1v) is 9.03.